The second kappa shape index (κ2) is 10.3. The zero-order valence-electron chi connectivity index (χ0n) is 12.3. The van der Waals surface area contributed by atoms with E-state index in [1.807, 2.05) is 6.92 Å². The second-order valence-electron chi connectivity index (χ2n) is 5.05. The number of hydrogen-bond acceptors (Lipinski definition) is 3. The van der Waals surface area contributed by atoms with E-state index < -0.39 is 5.54 Å². The lowest BCUT2D eigenvalue weighted by Gasteiger charge is -2.26. The molecule has 3 N–H and O–H groups in total. The summed E-state index contributed by atoms with van der Waals surface area (Å²) in [5.41, 5.74) is 4.63. The number of amides is 1. The Morgan fingerprint density at radius 1 is 1.17 bits per heavy atom. The van der Waals surface area contributed by atoms with Gasteiger partial charge in [-0.3, -0.25) is 4.79 Å². The molecule has 0 aromatic carbocycles. The maximum absolute atomic E-state index is 11.3. The number of primary amides is 1. The van der Waals surface area contributed by atoms with E-state index in [2.05, 4.69) is 12.2 Å². The van der Waals surface area contributed by atoms with Crippen LogP contribution in [0.5, 0.6) is 0 Å². The van der Waals surface area contributed by atoms with Crippen LogP contribution in [-0.2, 0) is 9.53 Å². The number of ether oxygens (including phenoxy) is 1. The largest absolute Gasteiger partial charge is 0.379 e. The lowest BCUT2D eigenvalue weighted by atomic mass is 10.0. The SMILES string of the molecule is CCCCCCCCOCC(C)(NCC)C(N)=O. The molecular formula is C14H30N2O2. The minimum absolute atomic E-state index is 0.352. The van der Waals surface area contributed by atoms with Gasteiger partial charge in [0.1, 0.15) is 5.54 Å². The van der Waals surface area contributed by atoms with Crippen LogP contribution < -0.4 is 11.1 Å². The summed E-state index contributed by atoms with van der Waals surface area (Å²) in [6.07, 6.45) is 7.45. The van der Waals surface area contributed by atoms with Crippen molar-refractivity contribution in [1.29, 1.82) is 0 Å². The van der Waals surface area contributed by atoms with Gasteiger partial charge in [-0.15, -0.1) is 0 Å². The molecule has 0 saturated heterocycles. The molecule has 0 aliphatic heterocycles. The molecular weight excluding hydrogens is 228 g/mol. The quantitative estimate of drug-likeness (QED) is 0.528. The van der Waals surface area contributed by atoms with Crippen molar-refractivity contribution in [2.24, 2.45) is 5.73 Å². The van der Waals surface area contributed by atoms with Gasteiger partial charge in [0.15, 0.2) is 0 Å². The highest BCUT2D eigenvalue weighted by Crippen LogP contribution is 2.07. The van der Waals surface area contributed by atoms with Gasteiger partial charge in [0.05, 0.1) is 6.61 Å². The summed E-state index contributed by atoms with van der Waals surface area (Å²) in [5, 5.41) is 3.08. The Bertz CT molecular complexity index is 222. The molecule has 0 heterocycles. The fraction of sp³-hybridized carbons (Fsp3) is 0.929. The van der Waals surface area contributed by atoms with Crippen LogP contribution in [0, 0.1) is 0 Å². The van der Waals surface area contributed by atoms with Crippen LogP contribution in [0.2, 0.25) is 0 Å². The second-order valence-corrected chi connectivity index (χ2v) is 5.05. The first-order valence-electron chi connectivity index (χ1n) is 7.19. The molecule has 1 atom stereocenters. The average Bonchev–Trinajstić information content (AvgIpc) is 2.33. The lowest BCUT2D eigenvalue weighted by Crippen LogP contribution is -2.56. The maximum atomic E-state index is 11.3. The van der Waals surface area contributed by atoms with Crippen molar-refractivity contribution >= 4 is 5.91 Å². The van der Waals surface area contributed by atoms with E-state index in [1.165, 1.54) is 32.1 Å². The smallest absolute Gasteiger partial charge is 0.239 e. The van der Waals surface area contributed by atoms with Gasteiger partial charge < -0.3 is 15.8 Å². The summed E-state index contributed by atoms with van der Waals surface area (Å²) in [7, 11) is 0. The molecule has 0 rings (SSSR count). The lowest BCUT2D eigenvalue weighted by molar-refractivity contribution is -0.126. The number of nitrogens with two attached hydrogens (primary N) is 1. The van der Waals surface area contributed by atoms with Crippen molar-refractivity contribution in [2.75, 3.05) is 19.8 Å². The van der Waals surface area contributed by atoms with Crippen molar-refractivity contribution in [3.05, 3.63) is 0 Å². The Labute approximate surface area is 112 Å². The predicted octanol–water partition coefficient (Wildman–Crippen LogP) is 2.22. The average molecular weight is 258 g/mol. The fourth-order valence-electron chi connectivity index (χ4n) is 1.86. The van der Waals surface area contributed by atoms with Crippen molar-refractivity contribution in [1.82, 2.24) is 5.32 Å². The van der Waals surface area contributed by atoms with E-state index in [0.717, 1.165) is 6.42 Å². The number of carbonyl (C=O) groups excluding carboxylic acids is 1. The van der Waals surface area contributed by atoms with Gasteiger partial charge in [-0.05, 0) is 19.9 Å². The Morgan fingerprint density at radius 2 is 1.78 bits per heavy atom. The molecule has 18 heavy (non-hydrogen) atoms. The number of carbonyl (C=O) groups is 1. The van der Waals surface area contributed by atoms with Crippen molar-refractivity contribution in [3.63, 3.8) is 0 Å². The first-order valence-corrected chi connectivity index (χ1v) is 7.19. The maximum Gasteiger partial charge on any atom is 0.239 e. The van der Waals surface area contributed by atoms with Crippen LogP contribution in [-0.4, -0.2) is 31.2 Å². The topological polar surface area (TPSA) is 64.3 Å². The van der Waals surface area contributed by atoms with E-state index in [-0.39, 0.29) is 5.91 Å². The zero-order valence-corrected chi connectivity index (χ0v) is 12.3. The minimum atomic E-state index is -0.739. The van der Waals surface area contributed by atoms with Crippen LogP contribution in [0.25, 0.3) is 0 Å². The molecule has 0 bridgehead atoms. The monoisotopic (exact) mass is 258 g/mol. The first-order chi connectivity index (χ1) is 8.56. The van der Waals surface area contributed by atoms with E-state index in [4.69, 9.17) is 10.5 Å². The van der Waals surface area contributed by atoms with Gasteiger partial charge in [-0.1, -0.05) is 46.0 Å². The number of likely N-dealkylation sites (N-methyl/N-ethyl adjacent to an activating group) is 1. The highest BCUT2D eigenvalue weighted by Gasteiger charge is 2.29. The molecule has 0 radical (unpaired) electrons. The number of rotatable bonds is 12. The van der Waals surface area contributed by atoms with Gasteiger partial charge in [0.25, 0.3) is 0 Å². The molecule has 1 unspecified atom stereocenters. The highest BCUT2D eigenvalue weighted by atomic mass is 16.5. The summed E-state index contributed by atoms with van der Waals surface area (Å²) < 4.78 is 5.56. The number of nitrogens with one attached hydrogen (secondary N) is 1. The van der Waals surface area contributed by atoms with Gasteiger partial charge in [-0.2, -0.15) is 0 Å². The number of unbranched alkanes of at least 4 members (excludes halogenated alkanes) is 5. The van der Waals surface area contributed by atoms with Gasteiger partial charge >= 0.3 is 0 Å². The van der Waals surface area contributed by atoms with Crippen LogP contribution in [0.4, 0.5) is 0 Å². The normalized spacial score (nSPS) is 14.4. The molecule has 4 nitrogen and oxygen atoms in total. The molecule has 0 spiro atoms. The third-order valence-corrected chi connectivity index (χ3v) is 3.14. The Balaban J connectivity index is 3.59. The summed E-state index contributed by atoms with van der Waals surface area (Å²) >= 11 is 0. The predicted molar refractivity (Wildman–Crippen MR) is 75.5 cm³/mol. The highest BCUT2D eigenvalue weighted by molar-refractivity contribution is 5.84. The van der Waals surface area contributed by atoms with Crippen LogP contribution in [0.15, 0.2) is 0 Å². The molecule has 4 heteroatoms. The molecule has 1 amide bonds. The third kappa shape index (κ3) is 7.67. The Hall–Kier alpha value is -0.610. The first kappa shape index (κ1) is 17.4. The van der Waals surface area contributed by atoms with Crippen LogP contribution in [0.1, 0.15) is 59.3 Å². The third-order valence-electron chi connectivity index (χ3n) is 3.14. The van der Waals surface area contributed by atoms with E-state index >= 15 is 0 Å². The fourth-order valence-corrected chi connectivity index (χ4v) is 1.86. The van der Waals surface area contributed by atoms with Gasteiger partial charge in [0, 0.05) is 6.61 Å². The van der Waals surface area contributed by atoms with Crippen LogP contribution >= 0.6 is 0 Å². The van der Waals surface area contributed by atoms with Crippen molar-refractivity contribution < 1.29 is 9.53 Å². The molecule has 0 aliphatic carbocycles. The van der Waals surface area contributed by atoms with E-state index in [0.29, 0.717) is 19.8 Å². The summed E-state index contributed by atoms with van der Waals surface area (Å²) in [6.45, 7) is 7.73. The molecule has 0 saturated carbocycles. The minimum Gasteiger partial charge on any atom is -0.379 e. The standard InChI is InChI=1S/C14H30N2O2/c1-4-6-7-8-9-10-11-18-12-14(3,13(15)17)16-5-2/h16H,4-12H2,1-3H3,(H2,15,17). The van der Waals surface area contributed by atoms with Crippen molar-refractivity contribution in [3.8, 4) is 0 Å². The summed E-state index contributed by atoms with van der Waals surface area (Å²) in [5.74, 6) is -0.354. The molecule has 0 fully saturated rings. The van der Waals surface area contributed by atoms with Crippen molar-refractivity contribution in [2.45, 2.75) is 64.8 Å². The van der Waals surface area contributed by atoms with Crippen LogP contribution in [0.3, 0.4) is 0 Å². The van der Waals surface area contributed by atoms with E-state index in [9.17, 15) is 4.79 Å². The summed E-state index contributed by atoms with van der Waals surface area (Å²) in [4.78, 5) is 11.3. The Morgan fingerprint density at radius 3 is 2.33 bits per heavy atom. The van der Waals surface area contributed by atoms with E-state index in [1.54, 1.807) is 6.92 Å². The van der Waals surface area contributed by atoms with Gasteiger partial charge in [0.2, 0.25) is 5.91 Å². The molecule has 0 aromatic rings. The molecule has 0 aromatic heterocycles. The molecule has 0 aliphatic rings. The Kier molecular flexibility index (Phi) is 9.98. The number of hydrogen-bond donors (Lipinski definition) is 2. The molecule has 108 valence electrons. The summed E-state index contributed by atoms with van der Waals surface area (Å²) in [6, 6.07) is 0. The zero-order chi connectivity index (χ0) is 13.9. The van der Waals surface area contributed by atoms with Gasteiger partial charge in [-0.25, -0.2) is 0 Å².